The van der Waals surface area contributed by atoms with E-state index < -0.39 is 5.54 Å². The van der Waals surface area contributed by atoms with Gasteiger partial charge in [-0.25, -0.2) is 4.52 Å². The fourth-order valence-electron chi connectivity index (χ4n) is 4.68. The van der Waals surface area contributed by atoms with Gasteiger partial charge in [-0.1, -0.05) is 5.16 Å². The molecule has 6 rings (SSSR count). The van der Waals surface area contributed by atoms with Crippen molar-refractivity contribution in [3.05, 3.63) is 47.6 Å². The summed E-state index contributed by atoms with van der Waals surface area (Å²) in [6, 6.07) is 7.74. The molecule has 10 nitrogen and oxygen atoms in total. The molecule has 1 aliphatic carbocycles. The van der Waals surface area contributed by atoms with Gasteiger partial charge in [-0.2, -0.15) is 10.1 Å². The van der Waals surface area contributed by atoms with E-state index in [9.17, 15) is 4.79 Å². The largest absolute Gasteiger partial charge is 0.361 e. The lowest BCUT2D eigenvalue weighted by molar-refractivity contribution is -0.123. The summed E-state index contributed by atoms with van der Waals surface area (Å²) in [5, 5.41) is 19.5. The second kappa shape index (κ2) is 7.43. The number of ketones is 1. The zero-order valence-electron chi connectivity index (χ0n) is 18.7. The minimum absolute atomic E-state index is 0.0724. The molecular weight excluding hydrogens is 420 g/mol. The molecule has 1 aliphatic heterocycles. The van der Waals surface area contributed by atoms with Gasteiger partial charge in [0.15, 0.2) is 17.4 Å². The first-order valence-corrected chi connectivity index (χ1v) is 11.4. The highest BCUT2D eigenvalue weighted by Crippen LogP contribution is 2.40. The number of carbonyl (C=O) groups is 1. The van der Waals surface area contributed by atoms with Crippen LogP contribution in [0.2, 0.25) is 0 Å². The molecule has 5 heterocycles. The van der Waals surface area contributed by atoms with Crippen molar-refractivity contribution in [2.24, 2.45) is 0 Å². The maximum absolute atomic E-state index is 13.4. The predicted octanol–water partition coefficient (Wildman–Crippen LogP) is 3.54. The molecule has 1 saturated carbocycles. The molecule has 0 spiro atoms. The van der Waals surface area contributed by atoms with Crippen molar-refractivity contribution in [1.82, 2.24) is 30.0 Å². The predicted molar refractivity (Wildman–Crippen MR) is 122 cm³/mol. The van der Waals surface area contributed by atoms with Gasteiger partial charge >= 0.3 is 0 Å². The molecule has 170 valence electrons. The van der Waals surface area contributed by atoms with E-state index in [4.69, 9.17) is 14.6 Å². The maximum atomic E-state index is 13.4. The molecule has 1 atom stereocenters. The van der Waals surface area contributed by atoms with Gasteiger partial charge in [0.1, 0.15) is 11.3 Å². The quantitative estimate of drug-likeness (QED) is 0.443. The van der Waals surface area contributed by atoms with E-state index in [1.807, 2.05) is 49.2 Å². The summed E-state index contributed by atoms with van der Waals surface area (Å²) in [6.45, 7) is 4.53. The van der Waals surface area contributed by atoms with Gasteiger partial charge in [0.2, 0.25) is 5.95 Å². The summed E-state index contributed by atoms with van der Waals surface area (Å²) in [5.74, 6) is 3.15. The summed E-state index contributed by atoms with van der Waals surface area (Å²) < 4.78 is 7.09. The van der Waals surface area contributed by atoms with Crippen LogP contribution in [0, 0.1) is 6.92 Å². The molecular formula is C23H26N8O2. The van der Waals surface area contributed by atoms with Crippen LogP contribution in [-0.4, -0.2) is 47.8 Å². The zero-order valence-corrected chi connectivity index (χ0v) is 18.7. The maximum Gasteiger partial charge on any atom is 0.246 e. The number of H-pyrrole nitrogens is 1. The Labute approximate surface area is 190 Å². The summed E-state index contributed by atoms with van der Waals surface area (Å²) in [6.07, 6.45) is 6.12. The first-order chi connectivity index (χ1) is 16.0. The van der Waals surface area contributed by atoms with Gasteiger partial charge in [-0.15, -0.1) is 5.10 Å². The van der Waals surface area contributed by atoms with Crippen molar-refractivity contribution < 1.29 is 9.32 Å². The summed E-state index contributed by atoms with van der Waals surface area (Å²) in [7, 11) is 0. The lowest BCUT2D eigenvalue weighted by Gasteiger charge is -2.33. The minimum atomic E-state index is -0.718. The number of hydrogen-bond donors (Lipinski definition) is 2. The molecule has 0 unspecified atom stereocenters. The number of nitrogens with zero attached hydrogens (tertiary/aromatic N) is 6. The van der Waals surface area contributed by atoms with Crippen LogP contribution in [0.3, 0.4) is 0 Å². The van der Waals surface area contributed by atoms with Crippen molar-refractivity contribution >= 4 is 28.9 Å². The van der Waals surface area contributed by atoms with Gasteiger partial charge in [-0.3, -0.25) is 9.89 Å². The van der Waals surface area contributed by atoms with Crippen LogP contribution in [0.15, 0.2) is 35.0 Å². The Morgan fingerprint density at radius 1 is 1.36 bits per heavy atom. The SMILES string of the molecule is Cc1cc(CC(=O)[C@]2(C)CCCN2c2nc(Nc3cc(C4CC4)[nH]n3)c3cccn3n2)on1. The molecule has 0 bridgehead atoms. The third kappa shape index (κ3) is 3.55. The summed E-state index contributed by atoms with van der Waals surface area (Å²) >= 11 is 0. The number of aryl methyl sites for hydroxylation is 1. The second-order valence-corrected chi connectivity index (χ2v) is 9.27. The average Bonchev–Trinajstić information content (AvgIpc) is 3.17. The Hall–Kier alpha value is -3.69. The number of Topliss-reactive ketones (excluding diaryl/α,β-unsaturated/α-hetero) is 1. The zero-order chi connectivity index (χ0) is 22.6. The van der Waals surface area contributed by atoms with Crippen LogP contribution in [0.25, 0.3) is 5.52 Å². The Morgan fingerprint density at radius 3 is 3.03 bits per heavy atom. The van der Waals surface area contributed by atoms with Crippen molar-refractivity contribution in [3.8, 4) is 0 Å². The lowest BCUT2D eigenvalue weighted by atomic mass is 9.90. The van der Waals surface area contributed by atoms with Gasteiger partial charge in [0, 0.05) is 36.5 Å². The fraction of sp³-hybridized carbons (Fsp3) is 0.435. The van der Waals surface area contributed by atoms with Gasteiger partial charge in [-0.05, 0) is 51.7 Å². The summed E-state index contributed by atoms with van der Waals surface area (Å²) in [4.78, 5) is 20.2. The average molecular weight is 447 g/mol. The molecule has 1 saturated heterocycles. The Morgan fingerprint density at radius 2 is 2.24 bits per heavy atom. The van der Waals surface area contributed by atoms with Crippen LogP contribution < -0.4 is 10.2 Å². The molecule has 2 fully saturated rings. The first-order valence-electron chi connectivity index (χ1n) is 11.4. The van der Waals surface area contributed by atoms with E-state index >= 15 is 0 Å². The van der Waals surface area contributed by atoms with Crippen LogP contribution in [0.4, 0.5) is 17.6 Å². The highest BCUT2D eigenvalue weighted by atomic mass is 16.5. The Balaban J connectivity index is 1.32. The van der Waals surface area contributed by atoms with E-state index in [-0.39, 0.29) is 12.2 Å². The molecule has 33 heavy (non-hydrogen) atoms. The van der Waals surface area contributed by atoms with Crippen molar-refractivity contribution in [3.63, 3.8) is 0 Å². The Bertz CT molecular complexity index is 1330. The van der Waals surface area contributed by atoms with Crippen LogP contribution in [0.1, 0.15) is 55.7 Å². The normalized spacial score (nSPS) is 20.6. The number of rotatable bonds is 7. The van der Waals surface area contributed by atoms with E-state index in [1.165, 1.54) is 12.8 Å². The fourth-order valence-corrected chi connectivity index (χ4v) is 4.68. The standard InChI is InChI=1S/C23H26N8O2/c1-14-11-16(33-29-14)12-19(32)23(2)8-4-9-30(23)22-25-21(18-5-3-10-31(18)28-22)24-20-13-17(26-27-20)15-6-7-15/h3,5,10-11,13,15H,4,6-9,12H2,1-2H3,(H2,24,25,26,27,28)/t23-/m0/s1. The number of nitrogens with one attached hydrogen (secondary N) is 2. The van der Waals surface area contributed by atoms with Gasteiger partial charge in [0.05, 0.1) is 17.7 Å². The van der Waals surface area contributed by atoms with E-state index in [0.29, 0.717) is 30.0 Å². The molecule has 4 aromatic heterocycles. The lowest BCUT2D eigenvalue weighted by Crippen LogP contribution is -2.49. The minimum Gasteiger partial charge on any atom is -0.361 e. The van der Waals surface area contributed by atoms with Crippen LogP contribution >= 0.6 is 0 Å². The monoisotopic (exact) mass is 446 g/mol. The highest BCUT2D eigenvalue weighted by Gasteiger charge is 2.44. The highest BCUT2D eigenvalue weighted by molar-refractivity contribution is 5.93. The number of aromatic nitrogens is 6. The van der Waals surface area contributed by atoms with Crippen molar-refractivity contribution in [2.75, 3.05) is 16.8 Å². The van der Waals surface area contributed by atoms with Crippen molar-refractivity contribution in [1.29, 1.82) is 0 Å². The first kappa shape index (κ1) is 20.0. The van der Waals surface area contributed by atoms with Crippen LogP contribution in [0.5, 0.6) is 0 Å². The molecule has 2 N–H and O–H groups in total. The van der Waals surface area contributed by atoms with Gasteiger partial charge in [0.25, 0.3) is 0 Å². The smallest absolute Gasteiger partial charge is 0.246 e. The molecule has 0 radical (unpaired) electrons. The summed E-state index contributed by atoms with van der Waals surface area (Å²) in [5.41, 5.74) is 2.05. The van der Waals surface area contributed by atoms with E-state index in [1.54, 1.807) is 4.52 Å². The molecule has 4 aromatic rings. The van der Waals surface area contributed by atoms with Crippen LogP contribution in [-0.2, 0) is 11.2 Å². The Kier molecular flexibility index (Phi) is 4.49. The van der Waals surface area contributed by atoms with E-state index in [2.05, 4.69) is 20.7 Å². The molecule has 10 heteroatoms. The molecule has 2 aliphatic rings. The third-order valence-corrected chi connectivity index (χ3v) is 6.74. The number of aromatic amines is 1. The van der Waals surface area contributed by atoms with E-state index in [0.717, 1.165) is 35.6 Å². The number of carbonyl (C=O) groups excluding carboxylic acids is 1. The second-order valence-electron chi connectivity index (χ2n) is 9.27. The van der Waals surface area contributed by atoms with Crippen molar-refractivity contribution in [2.45, 2.75) is 57.4 Å². The number of fused-ring (bicyclic) bond motifs is 1. The molecule has 0 aromatic carbocycles. The number of anilines is 3. The molecule has 0 amide bonds. The van der Waals surface area contributed by atoms with Gasteiger partial charge < -0.3 is 14.7 Å². The third-order valence-electron chi connectivity index (χ3n) is 6.74. The number of hydrogen-bond acceptors (Lipinski definition) is 8. The topological polar surface area (TPSA) is 117 Å².